The maximum Gasteiger partial charge on any atom is 0.245 e. The van der Waals surface area contributed by atoms with E-state index in [0.717, 1.165) is 31.2 Å². The molecule has 1 aromatic rings. The number of Topliss-reactive ketones (excluding diaryl/α,β-unsaturated/α-hetero) is 1. The molecule has 0 unspecified atom stereocenters. The summed E-state index contributed by atoms with van der Waals surface area (Å²) in [5.41, 5.74) is 0.904. The number of para-hydroxylation sites is 1. The fourth-order valence-corrected chi connectivity index (χ4v) is 3.23. The van der Waals surface area contributed by atoms with Crippen molar-refractivity contribution in [1.82, 2.24) is 5.32 Å². The second-order valence-electron chi connectivity index (χ2n) is 6.37. The topological polar surface area (TPSA) is 79.2 Å². The summed E-state index contributed by atoms with van der Waals surface area (Å²) in [5.74, 6) is -1.44. The van der Waals surface area contributed by atoms with Crippen molar-refractivity contribution in [2.45, 2.75) is 51.0 Å². The molecule has 2 atom stereocenters. The fraction of sp³-hybridized carbons (Fsp3) is 0.526. The number of ether oxygens (including phenoxy) is 1. The van der Waals surface area contributed by atoms with Crippen LogP contribution in [0, 0.1) is 17.2 Å². The highest BCUT2D eigenvalue weighted by Gasteiger charge is 2.30. The van der Waals surface area contributed by atoms with Crippen LogP contribution < -0.4 is 10.1 Å². The van der Waals surface area contributed by atoms with Crippen LogP contribution in [-0.2, 0) is 9.59 Å². The molecule has 1 fully saturated rings. The van der Waals surface area contributed by atoms with Gasteiger partial charge in [-0.25, -0.2) is 0 Å². The third-order valence-corrected chi connectivity index (χ3v) is 4.59. The largest absolute Gasteiger partial charge is 0.496 e. The summed E-state index contributed by atoms with van der Waals surface area (Å²) in [5, 5.41) is 12.1. The Balaban J connectivity index is 2.00. The summed E-state index contributed by atoms with van der Waals surface area (Å²) < 4.78 is 5.32. The second-order valence-corrected chi connectivity index (χ2v) is 6.37. The highest BCUT2D eigenvalue weighted by atomic mass is 16.5. The Kier molecular flexibility index (Phi) is 6.36. The van der Waals surface area contributed by atoms with Crippen LogP contribution in [0.25, 0.3) is 0 Å². The molecule has 0 aromatic heterocycles. The fourth-order valence-electron chi connectivity index (χ4n) is 3.23. The van der Waals surface area contributed by atoms with Crippen molar-refractivity contribution in [3.05, 3.63) is 29.8 Å². The minimum absolute atomic E-state index is 0.104. The first-order chi connectivity index (χ1) is 11.6. The van der Waals surface area contributed by atoms with Crippen LogP contribution in [0.15, 0.2) is 24.3 Å². The van der Waals surface area contributed by atoms with Gasteiger partial charge in [0, 0.05) is 12.5 Å². The van der Waals surface area contributed by atoms with Crippen LogP contribution >= 0.6 is 0 Å². The molecular weight excluding hydrogens is 304 g/mol. The molecule has 24 heavy (non-hydrogen) atoms. The summed E-state index contributed by atoms with van der Waals surface area (Å²) in [7, 11) is 1.58. The van der Waals surface area contributed by atoms with E-state index in [-0.39, 0.29) is 24.2 Å². The third-order valence-electron chi connectivity index (χ3n) is 4.59. The monoisotopic (exact) mass is 328 g/mol. The Bertz CT molecular complexity index is 630. The van der Waals surface area contributed by atoms with Gasteiger partial charge in [0.1, 0.15) is 5.75 Å². The lowest BCUT2D eigenvalue weighted by Gasteiger charge is -2.18. The Morgan fingerprint density at radius 2 is 2.00 bits per heavy atom. The van der Waals surface area contributed by atoms with Crippen molar-refractivity contribution < 1.29 is 14.3 Å². The minimum atomic E-state index is -1.23. The number of carbonyl (C=O) groups excluding carboxylic acids is 2. The molecule has 1 saturated carbocycles. The van der Waals surface area contributed by atoms with Gasteiger partial charge in [0.15, 0.2) is 11.7 Å². The smallest absolute Gasteiger partial charge is 0.245 e. The lowest BCUT2D eigenvalue weighted by atomic mass is 9.90. The summed E-state index contributed by atoms with van der Waals surface area (Å²) in [6.45, 7) is 1.90. The molecule has 1 aromatic carbocycles. The van der Waals surface area contributed by atoms with Crippen LogP contribution in [0.5, 0.6) is 5.75 Å². The van der Waals surface area contributed by atoms with Gasteiger partial charge in [-0.2, -0.15) is 5.26 Å². The maximum absolute atomic E-state index is 12.4. The Morgan fingerprint density at radius 3 is 2.62 bits per heavy atom. The molecule has 1 N–H and O–H groups in total. The van der Waals surface area contributed by atoms with Gasteiger partial charge in [0.2, 0.25) is 5.91 Å². The zero-order valence-electron chi connectivity index (χ0n) is 14.2. The number of rotatable bonds is 7. The third kappa shape index (κ3) is 4.35. The SMILES string of the molecule is COc1ccccc1[C@H](C)CC(=O)[C@H](C#N)C(=O)NC1CCCC1. The number of ketones is 1. The lowest BCUT2D eigenvalue weighted by molar-refractivity contribution is -0.132. The average Bonchev–Trinajstić information content (AvgIpc) is 3.08. The molecule has 5 nitrogen and oxygen atoms in total. The molecule has 0 aliphatic heterocycles. The van der Waals surface area contributed by atoms with Gasteiger partial charge < -0.3 is 10.1 Å². The van der Waals surface area contributed by atoms with E-state index < -0.39 is 11.8 Å². The van der Waals surface area contributed by atoms with Crippen LogP contribution in [0.2, 0.25) is 0 Å². The molecule has 0 heterocycles. The standard InChI is InChI=1S/C19H24N2O3/c1-13(15-9-5-6-10-18(15)24-2)11-17(22)16(12-20)19(23)21-14-7-3-4-8-14/h5-6,9-10,13-14,16H,3-4,7-8,11H2,1-2H3,(H,21,23)/t13-,16+/m1/s1. The van der Waals surface area contributed by atoms with Crippen molar-refractivity contribution in [2.75, 3.05) is 7.11 Å². The van der Waals surface area contributed by atoms with E-state index in [0.29, 0.717) is 5.75 Å². The van der Waals surface area contributed by atoms with E-state index >= 15 is 0 Å². The summed E-state index contributed by atoms with van der Waals surface area (Å²) >= 11 is 0. The first-order valence-corrected chi connectivity index (χ1v) is 8.42. The molecule has 5 heteroatoms. The van der Waals surface area contributed by atoms with Gasteiger partial charge in [-0.1, -0.05) is 38.0 Å². The molecule has 1 aliphatic carbocycles. The molecular formula is C19H24N2O3. The normalized spacial score (nSPS) is 16.9. The second kappa shape index (κ2) is 8.49. The Hall–Kier alpha value is -2.35. The van der Waals surface area contributed by atoms with E-state index in [1.807, 2.05) is 37.3 Å². The molecule has 128 valence electrons. The molecule has 0 spiro atoms. The predicted molar refractivity (Wildman–Crippen MR) is 90.5 cm³/mol. The Morgan fingerprint density at radius 1 is 1.33 bits per heavy atom. The number of nitriles is 1. The van der Waals surface area contributed by atoms with E-state index in [1.165, 1.54) is 0 Å². The van der Waals surface area contributed by atoms with Crippen molar-refractivity contribution in [3.63, 3.8) is 0 Å². The van der Waals surface area contributed by atoms with Crippen LogP contribution in [0.1, 0.15) is 50.5 Å². The molecule has 0 bridgehead atoms. The molecule has 1 amide bonds. The van der Waals surface area contributed by atoms with Gasteiger partial charge in [-0.15, -0.1) is 0 Å². The van der Waals surface area contributed by atoms with Crippen LogP contribution in [0.4, 0.5) is 0 Å². The Labute approximate surface area is 143 Å². The minimum Gasteiger partial charge on any atom is -0.496 e. The number of hydrogen-bond acceptors (Lipinski definition) is 4. The number of nitrogens with one attached hydrogen (secondary N) is 1. The van der Waals surface area contributed by atoms with E-state index in [4.69, 9.17) is 4.74 Å². The van der Waals surface area contributed by atoms with Crippen molar-refractivity contribution in [2.24, 2.45) is 5.92 Å². The van der Waals surface area contributed by atoms with Gasteiger partial charge >= 0.3 is 0 Å². The number of amides is 1. The van der Waals surface area contributed by atoms with E-state index in [9.17, 15) is 14.9 Å². The number of methoxy groups -OCH3 is 1. The zero-order valence-corrected chi connectivity index (χ0v) is 14.2. The molecule has 0 saturated heterocycles. The number of nitrogens with zero attached hydrogens (tertiary/aromatic N) is 1. The zero-order chi connectivity index (χ0) is 17.5. The highest BCUT2D eigenvalue weighted by molar-refractivity contribution is 6.04. The van der Waals surface area contributed by atoms with Gasteiger partial charge in [0.25, 0.3) is 0 Å². The number of carbonyl (C=O) groups is 2. The van der Waals surface area contributed by atoms with Crippen molar-refractivity contribution in [3.8, 4) is 11.8 Å². The van der Waals surface area contributed by atoms with Crippen LogP contribution in [0.3, 0.4) is 0 Å². The molecule has 0 radical (unpaired) electrons. The van der Waals surface area contributed by atoms with E-state index in [2.05, 4.69) is 5.32 Å². The van der Waals surface area contributed by atoms with E-state index in [1.54, 1.807) is 7.11 Å². The maximum atomic E-state index is 12.4. The van der Waals surface area contributed by atoms with Crippen molar-refractivity contribution in [1.29, 1.82) is 5.26 Å². The van der Waals surface area contributed by atoms with Gasteiger partial charge in [-0.05, 0) is 30.4 Å². The van der Waals surface area contributed by atoms with Crippen molar-refractivity contribution >= 4 is 11.7 Å². The molecule has 2 rings (SSSR count). The van der Waals surface area contributed by atoms with Gasteiger partial charge in [0.05, 0.1) is 13.2 Å². The molecule has 1 aliphatic rings. The predicted octanol–water partition coefficient (Wildman–Crippen LogP) is 2.96. The lowest BCUT2D eigenvalue weighted by Crippen LogP contribution is -2.40. The van der Waals surface area contributed by atoms with Crippen LogP contribution in [-0.4, -0.2) is 24.8 Å². The first kappa shape index (κ1) is 18.0. The quantitative estimate of drug-likeness (QED) is 0.780. The first-order valence-electron chi connectivity index (χ1n) is 8.42. The summed E-state index contributed by atoms with van der Waals surface area (Å²) in [6.07, 6.45) is 4.16. The summed E-state index contributed by atoms with van der Waals surface area (Å²) in [6, 6.07) is 9.46. The average molecular weight is 328 g/mol. The highest BCUT2D eigenvalue weighted by Crippen LogP contribution is 2.29. The number of hydrogen-bond donors (Lipinski definition) is 1. The van der Waals surface area contributed by atoms with Gasteiger partial charge in [-0.3, -0.25) is 9.59 Å². The summed E-state index contributed by atoms with van der Waals surface area (Å²) in [4.78, 5) is 24.7. The number of benzene rings is 1.